The molecule has 0 heterocycles. The molecule has 0 saturated carbocycles. The van der Waals surface area contributed by atoms with Crippen molar-refractivity contribution in [3.05, 3.63) is 0 Å². The Morgan fingerprint density at radius 1 is 1.15 bits per heavy atom. The van der Waals surface area contributed by atoms with Crippen LogP contribution in [0, 0.1) is 5.92 Å². The quantitative estimate of drug-likeness (QED) is 0.736. The van der Waals surface area contributed by atoms with Gasteiger partial charge >= 0.3 is 6.18 Å². The van der Waals surface area contributed by atoms with Crippen LogP contribution in [0.5, 0.6) is 0 Å². The molecule has 0 aliphatic heterocycles. The predicted octanol–water partition coefficient (Wildman–Crippen LogP) is 3.21. The Kier molecular flexibility index (Phi) is 8.42. The number of rotatable bonds is 3. The van der Waals surface area contributed by atoms with Crippen molar-refractivity contribution in [1.29, 1.82) is 0 Å². The average Bonchev–Trinajstić information content (AvgIpc) is 2.01. The van der Waals surface area contributed by atoms with Crippen molar-refractivity contribution in [3.63, 3.8) is 0 Å². The van der Waals surface area contributed by atoms with E-state index in [9.17, 15) is 13.2 Å². The Bertz CT molecular complexity index is 110. The zero-order valence-corrected chi connectivity index (χ0v) is 9.00. The summed E-state index contributed by atoms with van der Waals surface area (Å²) in [4.78, 5) is 0. The zero-order valence-electron chi connectivity index (χ0n) is 9.00. The maximum absolute atomic E-state index is 12.1. The molecule has 1 atom stereocenters. The van der Waals surface area contributed by atoms with Gasteiger partial charge in [0.1, 0.15) is 6.04 Å². The molecule has 1 unspecified atom stereocenters. The van der Waals surface area contributed by atoms with Crippen molar-refractivity contribution in [2.45, 2.75) is 46.8 Å². The summed E-state index contributed by atoms with van der Waals surface area (Å²) in [6, 6.07) is -1.37. The maximum atomic E-state index is 12.1. The SMILES string of the molecule is CC.CCNC(C(C)C)C(F)(F)F. The maximum Gasteiger partial charge on any atom is 0.404 e. The molecule has 0 spiro atoms. The van der Waals surface area contributed by atoms with Crippen LogP contribution in [0.25, 0.3) is 0 Å². The minimum absolute atomic E-state index is 0.350. The van der Waals surface area contributed by atoms with Crippen LogP contribution < -0.4 is 5.32 Å². The fourth-order valence-corrected chi connectivity index (χ4v) is 0.949. The highest BCUT2D eigenvalue weighted by atomic mass is 19.4. The van der Waals surface area contributed by atoms with Crippen LogP contribution in [0.1, 0.15) is 34.6 Å². The van der Waals surface area contributed by atoms with Gasteiger partial charge in [0.05, 0.1) is 0 Å². The molecule has 0 bridgehead atoms. The number of halogens is 3. The third-order valence-electron chi connectivity index (χ3n) is 1.44. The highest BCUT2D eigenvalue weighted by Crippen LogP contribution is 2.24. The molecule has 82 valence electrons. The van der Waals surface area contributed by atoms with E-state index in [1.807, 2.05) is 13.8 Å². The van der Waals surface area contributed by atoms with Crippen molar-refractivity contribution in [1.82, 2.24) is 5.32 Å². The van der Waals surface area contributed by atoms with Crippen molar-refractivity contribution in [2.75, 3.05) is 6.54 Å². The van der Waals surface area contributed by atoms with Gasteiger partial charge in [-0.25, -0.2) is 0 Å². The third-order valence-corrected chi connectivity index (χ3v) is 1.44. The summed E-state index contributed by atoms with van der Waals surface area (Å²) in [5, 5.41) is 2.40. The number of nitrogens with one attached hydrogen (secondary N) is 1. The summed E-state index contributed by atoms with van der Waals surface area (Å²) in [5.41, 5.74) is 0. The van der Waals surface area contributed by atoms with Gasteiger partial charge in [-0.1, -0.05) is 34.6 Å². The smallest absolute Gasteiger partial charge is 0.306 e. The second kappa shape index (κ2) is 7.18. The van der Waals surface area contributed by atoms with E-state index >= 15 is 0 Å². The molecule has 0 rings (SSSR count). The molecule has 0 radical (unpaired) electrons. The van der Waals surface area contributed by atoms with E-state index in [0.29, 0.717) is 6.54 Å². The lowest BCUT2D eigenvalue weighted by atomic mass is 10.0. The molecule has 0 saturated heterocycles. The molecule has 1 nitrogen and oxygen atoms in total. The molecular formula is C9H20F3N. The second-order valence-corrected chi connectivity index (χ2v) is 2.82. The van der Waals surface area contributed by atoms with Gasteiger partial charge < -0.3 is 5.32 Å². The highest BCUT2D eigenvalue weighted by Gasteiger charge is 2.40. The minimum atomic E-state index is -4.12. The molecule has 0 fully saturated rings. The molecule has 0 aromatic rings. The molecule has 0 aromatic carbocycles. The van der Waals surface area contributed by atoms with Gasteiger partial charge in [-0.2, -0.15) is 13.2 Å². The predicted molar refractivity (Wildman–Crippen MR) is 49.7 cm³/mol. The standard InChI is InChI=1S/C7H14F3N.C2H6/c1-4-11-6(5(2)3)7(8,9)10;1-2/h5-6,11H,4H2,1-3H3;1-2H3. The molecule has 0 aliphatic carbocycles. The summed E-state index contributed by atoms with van der Waals surface area (Å²) in [6.07, 6.45) is -4.12. The first-order valence-electron chi connectivity index (χ1n) is 4.69. The lowest BCUT2D eigenvalue weighted by Crippen LogP contribution is -2.45. The Hall–Kier alpha value is -0.250. The Labute approximate surface area is 78.7 Å². The monoisotopic (exact) mass is 199 g/mol. The van der Waals surface area contributed by atoms with Crippen LogP contribution in [-0.2, 0) is 0 Å². The highest BCUT2D eigenvalue weighted by molar-refractivity contribution is 4.77. The summed E-state index contributed by atoms with van der Waals surface area (Å²) in [6.45, 7) is 9.13. The zero-order chi connectivity index (χ0) is 11.1. The first-order chi connectivity index (χ1) is 5.89. The van der Waals surface area contributed by atoms with Gasteiger partial charge in [-0.3, -0.25) is 0 Å². The van der Waals surface area contributed by atoms with Crippen LogP contribution in [-0.4, -0.2) is 18.8 Å². The first-order valence-corrected chi connectivity index (χ1v) is 4.69. The number of alkyl halides is 3. The molecular weight excluding hydrogens is 179 g/mol. The molecule has 4 heteroatoms. The van der Waals surface area contributed by atoms with E-state index < -0.39 is 18.1 Å². The summed E-state index contributed by atoms with van der Waals surface area (Å²) in [7, 11) is 0. The average molecular weight is 199 g/mol. The van der Waals surface area contributed by atoms with Gasteiger partial charge in [0.25, 0.3) is 0 Å². The van der Waals surface area contributed by atoms with Gasteiger partial charge in [-0.15, -0.1) is 0 Å². The largest absolute Gasteiger partial charge is 0.404 e. The first kappa shape index (κ1) is 15.2. The summed E-state index contributed by atoms with van der Waals surface area (Å²) in [5.74, 6) is -0.407. The van der Waals surface area contributed by atoms with Crippen LogP contribution >= 0.6 is 0 Å². The molecule has 0 aliphatic rings. The third kappa shape index (κ3) is 6.87. The molecule has 1 N–H and O–H groups in total. The summed E-state index contributed by atoms with van der Waals surface area (Å²) >= 11 is 0. The lowest BCUT2D eigenvalue weighted by molar-refractivity contribution is -0.164. The van der Waals surface area contributed by atoms with Gasteiger partial charge in [-0.05, 0) is 12.5 Å². The van der Waals surface area contributed by atoms with Crippen LogP contribution in [0.4, 0.5) is 13.2 Å². The second-order valence-electron chi connectivity index (χ2n) is 2.82. The fraction of sp³-hybridized carbons (Fsp3) is 1.00. The van der Waals surface area contributed by atoms with Crippen molar-refractivity contribution in [2.24, 2.45) is 5.92 Å². The normalized spacial score (nSPS) is 13.6. The number of hydrogen-bond acceptors (Lipinski definition) is 1. The molecule has 13 heavy (non-hydrogen) atoms. The fourth-order valence-electron chi connectivity index (χ4n) is 0.949. The van der Waals surface area contributed by atoms with Gasteiger partial charge in [0.2, 0.25) is 0 Å². The lowest BCUT2D eigenvalue weighted by Gasteiger charge is -2.24. The van der Waals surface area contributed by atoms with Crippen molar-refractivity contribution in [3.8, 4) is 0 Å². The topological polar surface area (TPSA) is 12.0 Å². The molecule has 0 aromatic heterocycles. The van der Waals surface area contributed by atoms with Crippen molar-refractivity contribution >= 4 is 0 Å². The van der Waals surface area contributed by atoms with E-state index in [1.54, 1.807) is 20.8 Å². The Balaban J connectivity index is 0. The Morgan fingerprint density at radius 3 is 1.62 bits per heavy atom. The Morgan fingerprint density at radius 2 is 1.54 bits per heavy atom. The number of hydrogen-bond donors (Lipinski definition) is 1. The van der Waals surface area contributed by atoms with E-state index in [1.165, 1.54) is 0 Å². The van der Waals surface area contributed by atoms with E-state index in [4.69, 9.17) is 0 Å². The van der Waals surface area contributed by atoms with Crippen LogP contribution in [0.3, 0.4) is 0 Å². The van der Waals surface area contributed by atoms with E-state index in [2.05, 4.69) is 5.32 Å². The summed E-state index contributed by atoms with van der Waals surface area (Å²) < 4.78 is 36.3. The van der Waals surface area contributed by atoms with Crippen molar-refractivity contribution < 1.29 is 13.2 Å². The van der Waals surface area contributed by atoms with Crippen LogP contribution in [0.15, 0.2) is 0 Å². The van der Waals surface area contributed by atoms with Crippen LogP contribution in [0.2, 0.25) is 0 Å². The van der Waals surface area contributed by atoms with Gasteiger partial charge in [0, 0.05) is 0 Å². The van der Waals surface area contributed by atoms with E-state index in [-0.39, 0.29) is 0 Å². The minimum Gasteiger partial charge on any atom is -0.306 e. The van der Waals surface area contributed by atoms with E-state index in [0.717, 1.165) is 0 Å². The molecule has 0 amide bonds. The van der Waals surface area contributed by atoms with Gasteiger partial charge in [0.15, 0.2) is 0 Å².